The van der Waals surface area contributed by atoms with E-state index in [0.717, 1.165) is 15.5 Å². The van der Waals surface area contributed by atoms with Gasteiger partial charge in [0.15, 0.2) is 6.23 Å². The molecule has 3 aromatic rings. The maximum atomic E-state index is 13.4. The first kappa shape index (κ1) is 30.2. The van der Waals surface area contributed by atoms with E-state index in [9.17, 15) is 33.8 Å². The van der Waals surface area contributed by atoms with Gasteiger partial charge >= 0.3 is 13.4 Å². The standard InChI is InChI=1S/C23H30N9O8P/c1-3-31(22(35)19-17(28-29-25)9-18(40-19)30-11-12(2)20(33)27-23(30)36)32(41(37,38)39)21(34)15(24)8-13-10-26-16-7-5-4-6-14(13)16/h4-7,10-11,15,17-19,22,26,35H,3,8-9,24H2,1-2H3,(H,27,33,36)(H2,37,38,39)/t15-,17-,18+,19-,22?/m0/s1. The van der Waals surface area contributed by atoms with Crippen molar-refractivity contribution in [1.29, 1.82) is 0 Å². The number of aromatic amines is 2. The lowest BCUT2D eigenvalue weighted by molar-refractivity contribution is -0.184. The van der Waals surface area contributed by atoms with Gasteiger partial charge in [-0.1, -0.05) is 30.2 Å². The number of benzene rings is 1. The Morgan fingerprint density at radius 3 is 2.73 bits per heavy atom. The molecule has 1 aromatic carbocycles. The molecule has 0 spiro atoms. The van der Waals surface area contributed by atoms with E-state index >= 15 is 0 Å². The maximum absolute atomic E-state index is 13.4. The van der Waals surface area contributed by atoms with Crippen LogP contribution in [0.4, 0.5) is 0 Å². The predicted molar refractivity (Wildman–Crippen MR) is 145 cm³/mol. The van der Waals surface area contributed by atoms with E-state index in [0.29, 0.717) is 10.6 Å². The summed E-state index contributed by atoms with van der Waals surface area (Å²) < 4.78 is 19.6. The minimum absolute atomic E-state index is 0.0785. The number of aliphatic hydroxyl groups excluding tert-OH is 1. The number of aryl methyl sites for hydroxylation is 1. The molecule has 1 amide bonds. The highest BCUT2D eigenvalue weighted by molar-refractivity contribution is 7.49. The number of aliphatic hydroxyl groups is 1. The summed E-state index contributed by atoms with van der Waals surface area (Å²) in [4.78, 5) is 65.9. The van der Waals surface area contributed by atoms with Crippen LogP contribution in [0.25, 0.3) is 21.3 Å². The fourth-order valence-corrected chi connectivity index (χ4v) is 5.81. The number of nitrogens with one attached hydrogen (secondary N) is 2. The SMILES string of the molecule is CCN(C(O)[C@H]1O[C@@H](n2cc(C)c(=O)[nH]c2=O)C[C@@H]1N=[N+]=[N-])N(C(=O)[C@@H](N)Cc1c[nH]c2ccccc12)P(=O)(O)O. The van der Waals surface area contributed by atoms with Gasteiger partial charge in [-0.05, 0) is 30.5 Å². The van der Waals surface area contributed by atoms with Gasteiger partial charge in [0, 0.05) is 46.7 Å². The Balaban J connectivity index is 1.63. The molecule has 2 aromatic heterocycles. The molecule has 3 heterocycles. The number of hydrogen-bond donors (Lipinski definition) is 6. The number of hydrogen-bond acceptors (Lipinski definition) is 9. The molecular formula is C23H30N9O8P. The van der Waals surface area contributed by atoms with Crippen molar-refractivity contribution in [3.63, 3.8) is 0 Å². The van der Waals surface area contributed by atoms with Crippen molar-refractivity contribution in [2.45, 2.75) is 57.3 Å². The first-order chi connectivity index (χ1) is 19.4. The molecule has 1 saturated heterocycles. The van der Waals surface area contributed by atoms with Crippen molar-refractivity contribution < 1.29 is 29.0 Å². The summed E-state index contributed by atoms with van der Waals surface area (Å²) in [7, 11) is -5.41. The topological polar surface area (TPSA) is 256 Å². The Labute approximate surface area is 232 Å². The van der Waals surface area contributed by atoms with Crippen LogP contribution in [-0.2, 0) is 20.5 Å². The van der Waals surface area contributed by atoms with E-state index in [4.69, 9.17) is 16.0 Å². The number of nitrogens with two attached hydrogens (primary N) is 1. The first-order valence-corrected chi connectivity index (χ1v) is 14.1. The average molecular weight is 592 g/mol. The summed E-state index contributed by atoms with van der Waals surface area (Å²) >= 11 is 0. The van der Waals surface area contributed by atoms with Crippen molar-refractivity contribution in [2.24, 2.45) is 10.8 Å². The van der Waals surface area contributed by atoms with Crippen LogP contribution in [0.2, 0.25) is 0 Å². The third-order valence-electron chi connectivity index (χ3n) is 6.84. The molecule has 1 unspecified atom stereocenters. The summed E-state index contributed by atoms with van der Waals surface area (Å²) in [5, 5.41) is 16.4. The number of azide groups is 1. The number of nitrogens with zero attached hydrogens (tertiary/aromatic N) is 6. The molecule has 1 fully saturated rings. The number of rotatable bonds is 10. The highest BCUT2D eigenvalue weighted by atomic mass is 31.2. The fourth-order valence-electron chi connectivity index (χ4n) is 4.88. The van der Waals surface area contributed by atoms with Crippen LogP contribution in [0.3, 0.4) is 0 Å². The van der Waals surface area contributed by atoms with Crippen molar-refractivity contribution >= 4 is 24.6 Å². The number of amides is 1. The molecule has 1 aliphatic heterocycles. The Morgan fingerprint density at radius 1 is 1.37 bits per heavy atom. The molecule has 7 N–H and O–H groups in total. The van der Waals surface area contributed by atoms with Crippen LogP contribution in [0.1, 0.15) is 30.7 Å². The molecule has 0 bridgehead atoms. The van der Waals surface area contributed by atoms with Crippen LogP contribution in [-0.4, -0.2) is 76.1 Å². The zero-order valence-corrected chi connectivity index (χ0v) is 23.0. The summed E-state index contributed by atoms with van der Waals surface area (Å²) in [5.41, 5.74) is 15.4. The Kier molecular flexibility index (Phi) is 8.82. The van der Waals surface area contributed by atoms with Gasteiger partial charge in [0.1, 0.15) is 12.3 Å². The van der Waals surface area contributed by atoms with Crippen molar-refractivity contribution in [3.05, 3.63) is 79.1 Å². The molecule has 4 rings (SSSR count). The largest absolute Gasteiger partial charge is 0.447 e. The molecule has 41 heavy (non-hydrogen) atoms. The van der Waals surface area contributed by atoms with Crippen molar-refractivity contribution in [2.75, 3.05) is 6.54 Å². The van der Waals surface area contributed by atoms with E-state index in [1.807, 2.05) is 12.1 Å². The van der Waals surface area contributed by atoms with Crippen molar-refractivity contribution in [1.82, 2.24) is 24.3 Å². The fraction of sp³-hybridized carbons (Fsp3) is 0.435. The normalized spacial score (nSPS) is 20.6. The third-order valence-corrected chi connectivity index (χ3v) is 7.76. The van der Waals surface area contributed by atoms with E-state index in [1.165, 1.54) is 20.0 Å². The van der Waals surface area contributed by atoms with Crippen LogP contribution < -0.4 is 17.0 Å². The van der Waals surface area contributed by atoms with Gasteiger partial charge in [-0.3, -0.25) is 19.1 Å². The monoisotopic (exact) mass is 591 g/mol. The van der Waals surface area contributed by atoms with Crippen LogP contribution in [0.15, 0.2) is 51.4 Å². The molecule has 0 radical (unpaired) electrons. The van der Waals surface area contributed by atoms with E-state index in [2.05, 4.69) is 20.0 Å². The minimum atomic E-state index is -5.41. The first-order valence-electron chi connectivity index (χ1n) is 12.5. The highest BCUT2D eigenvalue weighted by Crippen LogP contribution is 2.44. The van der Waals surface area contributed by atoms with Crippen molar-refractivity contribution in [3.8, 4) is 0 Å². The molecule has 220 valence electrons. The molecule has 5 atom stereocenters. The lowest BCUT2D eigenvalue weighted by atomic mass is 10.1. The predicted octanol–water partition coefficient (Wildman–Crippen LogP) is 0.339. The Hall–Kier alpha value is -3.79. The van der Waals surface area contributed by atoms with Gasteiger partial charge in [0.05, 0.1) is 12.1 Å². The van der Waals surface area contributed by atoms with E-state index in [-0.39, 0.29) is 29.7 Å². The number of carbonyl (C=O) groups is 1. The second-order valence-electron chi connectivity index (χ2n) is 9.52. The lowest BCUT2D eigenvalue weighted by Crippen LogP contribution is -2.58. The average Bonchev–Trinajstić information content (AvgIpc) is 3.52. The quantitative estimate of drug-likeness (QED) is 0.0470. The van der Waals surface area contributed by atoms with Gasteiger partial charge in [0.2, 0.25) is 0 Å². The Bertz CT molecular complexity index is 1640. The third kappa shape index (κ3) is 6.12. The minimum Gasteiger partial charge on any atom is -0.374 e. The zero-order valence-electron chi connectivity index (χ0n) is 22.1. The number of carbonyl (C=O) groups excluding carboxylic acids is 1. The maximum Gasteiger partial charge on any atom is 0.447 e. The van der Waals surface area contributed by atoms with Gasteiger partial charge in [0.25, 0.3) is 11.5 Å². The number of likely N-dealkylation sites (N-methyl/N-ethyl adjacent to an activating group) is 1. The van der Waals surface area contributed by atoms with Crippen LogP contribution in [0.5, 0.6) is 0 Å². The summed E-state index contributed by atoms with van der Waals surface area (Å²) in [6.45, 7) is 2.58. The summed E-state index contributed by atoms with van der Waals surface area (Å²) in [6, 6.07) is 4.69. The van der Waals surface area contributed by atoms with Gasteiger partial charge in [-0.15, -0.1) is 0 Å². The molecule has 0 aliphatic carbocycles. The van der Waals surface area contributed by atoms with Crippen LogP contribution >= 0.6 is 7.75 Å². The van der Waals surface area contributed by atoms with E-state index < -0.39 is 55.5 Å². The highest BCUT2D eigenvalue weighted by Gasteiger charge is 2.48. The molecule has 17 nitrogen and oxygen atoms in total. The van der Waals surface area contributed by atoms with E-state index in [1.54, 1.807) is 18.3 Å². The van der Waals surface area contributed by atoms with Crippen LogP contribution in [0, 0.1) is 6.92 Å². The molecule has 0 saturated carbocycles. The smallest absolute Gasteiger partial charge is 0.374 e. The second kappa shape index (κ2) is 12.0. The summed E-state index contributed by atoms with van der Waals surface area (Å²) in [5.74, 6) is -1.17. The molecule has 18 heteroatoms. The van der Waals surface area contributed by atoms with Gasteiger partial charge in [-0.2, -0.15) is 9.79 Å². The Morgan fingerprint density at radius 2 is 2.07 bits per heavy atom. The second-order valence-corrected chi connectivity index (χ2v) is 10.9. The van der Waals surface area contributed by atoms with Gasteiger partial charge < -0.3 is 30.3 Å². The number of aromatic nitrogens is 3. The lowest BCUT2D eigenvalue weighted by Gasteiger charge is -2.40. The number of para-hydroxylation sites is 1. The number of hydrazine groups is 1. The zero-order chi connectivity index (χ0) is 30.1. The number of ether oxygens (including phenoxy) is 1. The number of H-pyrrole nitrogens is 2. The summed E-state index contributed by atoms with van der Waals surface area (Å²) in [6.07, 6.45) is -1.82. The molecule has 1 aliphatic rings. The number of fused-ring (bicyclic) bond motifs is 1. The van der Waals surface area contributed by atoms with Gasteiger partial charge in [-0.25, -0.2) is 9.36 Å². The molecular weight excluding hydrogens is 561 g/mol.